The van der Waals surface area contributed by atoms with Crippen molar-refractivity contribution in [3.63, 3.8) is 0 Å². The third-order valence-corrected chi connectivity index (χ3v) is 3.66. The molecule has 0 aliphatic rings. The molecular formula is C16H17N3O. The number of aliphatic hydroxyl groups is 1. The normalized spacial score (nSPS) is 12.8. The predicted octanol–water partition coefficient (Wildman–Crippen LogP) is 2.55. The molecule has 4 nitrogen and oxygen atoms in total. The maximum atomic E-state index is 10.4. The Bertz CT molecular complexity index is 748. The first kappa shape index (κ1) is 12.8. The van der Waals surface area contributed by atoms with Crippen LogP contribution in [0.5, 0.6) is 0 Å². The van der Waals surface area contributed by atoms with E-state index in [0.717, 1.165) is 28.1 Å². The molecule has 3 rings (SSSR count). The van der Waals surface area contributed by atoms with Crippen molar-refractivity contribution in [3.05, 3.63) is 59.7 Å². The van der Waals surface area contributed by atoms with Gasteiger partial charge in [0.1, 0.15) is 5.82 Å². The molecule has 102 valence electrons. The lowest BCUT2D eigenvalue weighted by atomic mass is 10.1. The van der Waals surface area contributed by atoms with E-state index in [1.807, 2.05) is 54.9 Å². The highest BCUT2D eigenvalue weighted by atomic mass is 16.3. The Morgan fingerprint density at radius 2 is 2.00 bits per heavy atom. The largest absolute Gasteiger partial charge is 0.388 e. The van der Waals surface area contributed by atoms with Gasteiger partial charge in [0.05, 0.1) is 17.1 Å². The highest BCUT2D eigenvalue weighted by Gasteiger charge is 2.15. The molecule has 0 aliphatic heterocycles. The number of para-hydroxylation sites is 2. The van der Waals surface area contributed by atoms with Crippen LogP contribution in [0.15, 0.2) is 42.6 Å². The molecule has 1 N–H and O–H groups in total. The number of aromatic nitrogens is 3. The van der Waals surface area contributed by atoms with Gasteiger partial charge in [-0.1, -0.05) is 18.2 Å². The van der Waals surface area contributed by atoms with Crippen molar-refractivity contribution >= 4 is 11.0 Å². The topological polar surface area (TPSA) is 50.9 Å². The minimum absolute atomic E-state index is 0.484. The lowest BCUT2D eigenvalue weighted by Gasteiger charge is -2.12. The van der Waals surface area contributed by atoms with Gasteiger partial charge in [-0.25, -0.2) is 4.98 Å². The third-order valence-electron chi connectivity index (χ3n) is 3.66. The number of pyridine rings is 1. The molecule has 0 bridgehead atoms. The lowest BCUT2D eigenvalue weighted by molar-refractivity contribution is 0.174. The fraction of sp³-hybridized carbons (Fsp3) is 0.250. The van der Waals surface area contributed by atoms with E-state index in [1.54, 1.807) is 6.20 Å². The van der Waals surface area contributed by atoms with Gasteiger partial charge in [-0.05, 0) is 25.1 Å². The van der Waals surface area contributed by atoms with Crippen molar-refractivity contribution in [1.82, 2.24) is 14.5 Å². The molecule has 3 aromatic rings. The Labute approximate surface area is 117 Å². The second-order valence-electron chi connectivity index (χ2n) is 4.97. The predicted molar refractivity (Wildman–Crippen MR) is 78.4 cm³/mol. The molecule has 0 amide bonds. The SMILES string of the molecule is Cc1ncccc1C(O)Cc1nc2ccccc2n1C. The highest BCUT2D eigenvalue weighted by Crippen LogP contribution is 2.22. The number of imidazole rings is 1. The molecule has 2 heterocycles. The molecule has 1 atom stereocenters. The summed E-state index contributed by atoms with van der Waals surface area (Å²) < 4.78 is 2.03. The van der Waals surface area contributed by atoms with Crippen molar-refractivity contribution in [2.24, 2.45) is 7.05 Å². The highest BCUT2D eigenvalue weighted by molar-refractivity contribution is 5.75. The molecule has 0 saturated carbocycles. The van der Waals surface area contributed by atoms with Gasteiger partial charge in [0.15, 0.2) is 0 Å². The van der Waals surface area contributed by atoms with E-state index >= 15 is 0 Å². The van der Waals surface area contributed by atoms with E-state index in [9.17, 15) is 5.11 Å². The van der Waals surface area contributed by atoms with Crippen LogP contribution in [0, 0.1) is 6.92 Å². The summed E-state index contributed by atoms with van der Waals surface area (Å²) >= 11 is 0. The number of aryl methyl sites for hydroxylation is 2. The minimum atomic E-state index is -0.584. The van der Waals surface area contributed by atoms with E-state index in [1.165, 1.54) is 0 Å². The Balaban J connectivity index is 1.93. The molecule has 20 heavy (non-hydrogen) atoms. The summed E-state index contributed by atoms with van der Waals surface area (Å²) in [6.45, 7) is 1.91. The van der Waals surface area contributed by atoms with Crippen molar-refractivity contribution in [2.75, 3.05) is 0 Å². The van der Waals surface area contributed by atoms with Crippen LogP contribution in [0.25, 0.3) is 11.0 Å². The Hall–Kier alpha value is -2.20. The molecule has 0 aliphatic carbocycles. The first-order valence-electron chi connectivity index (χ1n) is 6.66. The summed E-state index contributed by atoms with van der Waals surface area (Å²) in [5, 5.41) is 10.4. The second-order valence-corrected chi connectivity index (χ2v) is 4.97. The number of hydrogen-bond acceptors (Lipinski definition) is 3. The van der Waals surface area contributed by atoms with Gasteiger partial charge in [-0.15, -0.1) is 0 Å². The van der Waals surface area contributed by atoms with E-state index in [4.69, 9.17) is 0 Å². The van der Waals surface area contributed by atoms with Crippen LogP contribution in [-0.2, 0) is 13.5 Å². The van der Waals surface area contributed by atoms with Crippen LogP contribution in [-0.4, -0.2) is 19.6 Å². The molecule has 2 aromatic heterocycles. The fourth-order valence-electron chi connectivity index (χ4n) is 2.51. The number of hydrogen-bond donors (Lipinski definition) is 1. The minimum Gasteiger partial charge on any atom is -0.388 e. The average Bonchev–Trinajstić information content (AvgIpc) is 2.76. The Morgan fingerprint density at radius 1 is 1.20 bits per heavy atom. The molecule has 0 radical (unpaired) electrons. The van der Waals surface area contributed by atoms with E-state index in [2.05, 4.69) is 9.97 Å². The van der Waals surface area contributed by atoms with Crippen molar-refractivity contribution in [3.8, 4) is 0 Å². The molecule has 1 aromatic carbocycles. The van der Waals surface area contributed by atoms with Gasteiger partial charge in [0, 0.05) is 30.9 Å². The third kappa shape index (κ3) is 2.18. The number of fused-ring (bicyclic) bond motifs is 1. The molecule has 4 heteroatoms. The van der Waals surface area contributed by atoms with E-state index in [0.29, 0.717) is 6.42 Å². The Morgan fingerprint density at radius 3 is 2.75 bits per heavy atom. The molecule has 0 saturated heterocycles. The summed E-state index contributed by atoms with van der Waals surface area (Å²) in [6.07, 6.45) is 1.64. The maximum Gasteiger partial charge on any atom is 0.112 e. The van der Waals surface area contributed by atoms with Crippen LogP contribution in [0.1, 0.15) is 23.2 Å². The fourth-order valence-corrected chi connectivity index (χ4v) is 2.51. The summed E-state index contributed by atoms with van der Waals surface area (Å²) in [6, 6.07) is 11.8. The summed E-state index contributed by atoms with van der Waals surface area (Å²) in [4.78, 5) is 8.81. The van der Waals surface area contributed by atoms with Crippen LogP contribution < -0.4 is 0 Å². The van der Waals surface area contributed by atoms with Gasteiger partial charge in [0.2, 0.25) is 0 Å². The first-order chi connectivity index (χ1) is 9.66. The molecule has 0 fully saturated rings. The first-order valence-corrected chi connectivity index (χ1v) is 6.66. The molecule has 0 spiro atoms. The standard InChI is InChI=1S/C16H17N3O/c1-11-12(6-5-9-17-11)15(20)10-16-18-13-7-3-4-8-14(13)19(16)2/h3-9,15,20H,10H2,1-2H3. The van der Waals surface area contributed by atoms with Crippen LogP contribution in [0.2, 0.25) is 0 Å². The zero-order valence-electron chi connectivity index (χ0n) is 11.6. The Kier molecular flexibility index (Phi) is 3.24. The van der Waals surface area contributed by atoms with Crippen LogP contribution in [0.4, 0.5) is 0 Å². The van der Waals surface area contributed by atoms with Crippen molar-refractivity contribution in [1.29, 1.82) is 0 Å². The van der Waals surface area contributed by atoms with Crippen LogP contribution in [0.3, 0.4) is 0 Å². The number of aliphatic hydroxyl groups excluding tert-OH is 1. The quantitative estimate of drug-likeness (QED) is 0.793. The van der Waals surface area contributed by atoms with E-state index < -0.39 is 6.10 Å². The summed E-state index contributed by atoms with van der Waals surface area (Å²) in [7, 11) is 1.98. The van der Waals surface area contributed by atoms with Gasteiger partial charge >= 0.3 is 0 Å². The monoisotopic (exact) mass is 267 g/mol. The van der Waals surface area contributed by atoms with Gasteiger partial charge in [-0.3, -0.25) is 4.98 Å². The van der Waals surface area contributed by atoms with E-state index in [-0.39, 0.29) is 0 Å². The zero-order valence-corrected chi connectivity index (χ0v) is 11.6. The summed E-state index contributed by atoms with van der Waals surface area (Å²) in [5.74, 6) is 0.877. The summed E-state index contributed by atoms with van der Waals surface area (Å²) in [5.41, 5.74) is 3.76. The van der Waals surface area contributed by atoms with Crippen molar-refractivity contribution in [2.45, 2.75) is 19.4 Å². The smallest absolute Gasteiger partial charge is 0.112 e. The number of rotatable bonds is 3. The zero-order chi connectivity index (χ0) is 14.1. The second kappa shape index (κ2) is 5.06. The average molecular weight is 267 g/mol. The molecular weight excluding hydrogens is 250 g/mol. The number of benzene rings is 1. The maximum absolute atomic E-state index is 10.4. The van der Waals surface area contributed by atoms with Crippen LogP contribution >= 0.6 is 0 Å². The van der Waals surface area contributed by atoms with Gasteiger partial charge < -0.3 is 9.67 Å². The molecule has 1 unspecified atom stereocenters. The van der Waals surface area contributed by atoms with Gasteiger partial charge in [0.25, 0.3) is 0 Å². The van der Waals surface area contributed by atoms with Crippen molar-refractivity contribution < 1.29 is 5.11 Å². The lowest BCUT2D eigenvalue weighted by Crippen LogP contribution is -2.08. The number of nitrogens with zero attached hydrogens (tertiary/aromatic N) is 3. The van der Waals surface area contributed by atoms with Gasteiger partial charge in [-0.2, -0.15) is 0 Å².